The van der Waals surface area contributed by atoms with Crippen molar-refractivity contribution in [2.75, 3.05) is 41.0 Å². The number of aliphatic carboxylic acids is 1. The van der Waals surface area contributed by atoms with Gasteiger partial charge in [-0.15, -0.1) is 0 Å². The highest BCUT2D eigenvalue weighted by atomic mass is 16.6. The van der Waals surface area contributed by atoms with Crippen molar-refractivity contribution in [3.63, 3.8) is 0 Å². The minimum absolute atomic E-state index is 0.0228. The average Bonchev–Trinajstić information content (AvgIpc) is 3.15. The van der Waals surface area contributed by atoms with Crippen molar-refractivity contribution < 1.29 is 38.2 Å². The standard InChI is InChI=1S/C48H79NO7/c1-6-8-10-12-14-16-18-20-21-22-23-24-25-27-28-30-32-34-36-38-46(50)55-43-44(42-54-41-40-45(48(52)53)49(3,4)5)56-47(51)39-37-35-33-31-29-26-19-17-15-13-11-9-7-2/h8,10,14,16,20-21,23-24,26-29,33,35,44-45H,6-7,9,11-13,15,17-19,22,25,30-32,34,36-43H2,1-5H3/p+1/b10-8+,16-14+,21-20+,24-23+,28-27+,29-26+,35-33+. The van der Waals surface area contributed by atoms with Crippen molar-refractivity contribution in [1.29, 1.82) is 0 Å². The van der Waals surface area contributed by atoms with Crippen LogP contribution in [0.3, 0.4) is 0 Å². The number of carboxylic acid groups (broad SMARTS) is 1. The number of carbonyl (C=O) groups is 3. The summed E-state index contributed by atoms with van der Waals surface area (Å²) in [4.78, 5) is 36.9. The van der Waals surface area contributed by atoms with Crippen molar-refractivity contribution >= 4 is 17.9 Å². The minimum Gasteiger partial charge on any atom is -0.477 e. The Morgan fingerprint density at radius 2 is 1.04 bits per heavy atom. The molecule has 0 aliphatic heterocycles. The van der Waals surface area contributed by atoms with Crippen molar-refractivity contribution in [3.05, 3.63) is 85.1 Å². The van der Waals surface area contributed by atoms with E-state index in [1.807, 2.05) is 27.2 Å². The fourth-order valence-electron chi connectivity index (χ4n) is 5.70. The molecule has 318 valence electrons. The molecule has 0 spiro atoms. The van der Waals surface area contributed by atoms with Crippen molar-refractivity contribution in [1.82, 2.24) is 0 Å². The molecule has 0 bridgehead atoms. The number of rotatable bonds is 37. The molecule has 0 aliphatic rings. The molecule has 0 heterocycles. The zero-order chi connectivity index (χ0) is 41.4. The SMILES string of the molecule is CC/C=C/C/C=C/C/C=C/C/C=C/C/C=C/CCCCCC(=O)OCC(COCCC(C(=O)O)[N+](C)(C)C)OC(=O)CC/C=C/C/C=C/CCCCCCCC. The van der Waals surface area contributed by atoms with Crippen LogP contribution in [-0.2, 0) is 28.6 Å². The molecule has 2 unspecified atom stereocenters. The van der Waals surface area contributed by atoms with Gasteiger partial charge in [0.1, 0.15) is 6.61 Å². The second-order valence-electron chi connectivity index (χ2n) is 15.2. The van der Waals surface area contributed by atoms with Gasteiger partial charge in [0.2, 0.25) is 0 Å². The van der Waals surface area contributed by atoms with E-state index in [9.17, 15) is 19.5 Å². The van der Waals surface area contributed by atoms with Crippen LogP contribution in [0.5, 0.6) is 0 Å². The van der Waals surface area contributed by atoms with Crippen LogP contribution in [0.1, 0.15) is 149 Å². The Morgan fingerprint density at radius 1 is 0.554 bits per heavy atom. The van der Waals surface area contributed by atoms with Crippen molar-refractivity contribution in [2.24, 2.45) is 0 Å². The molecule has 8 heteroatoms. The van der Waals surface area contributed by atoms with E-state index in [4.69, 9.17) is 14.2 Å². The monoisotopic (exact) mass is 783 g/mol. The first kappa shape index (κ1) is 52.5. The predicted molar refractivity (Wildman–Crippen MR) is 233 cm³/mol. The number of likely N-dealkylation sites (N-methyl/N-ethyl adjacent to an activating group) is 1. The van der Waals surface area contributed by atoms with Crippen LogP contribution >= 0.6 is 0 Å². The van der Waals surface area contributed by atoms with Gasteiger partial charge in [-0.1, -0.05) is 137 Å². The highest BCUT2D eigenvalue weighted by Gasteiger charge is 2.31. The van der Waals surface area contributed by atoms with Gasteiger partial charge in [-0.2, -0.15) is 0 Å². The number of hydrogen-bond donors (Lipinski definition) is 1. The first-order valence-corrected chi connectivity index (χ1v) is 21.6. The molecule has 2 atom stereocenters. The van der Waals surface area contributed by atoms with Gasteiger partial charge < -0.3 is 23.8 Å². The number of allylic oxidation sites excluding steroid dienone is 14. The lowest BCUT2D eigenvalue weighted by atomic mass is 10.1. The second kappa shape index (κ2) is 38.4. The summed E-state index contributed by atoms with van der Waals surface area (Å²) in [6.45, 7) is 4.49. The number of esters is 2. The first-order chi connectivity index (χ1) is 27.1. The highest BCUT2D eigenvalue weighted by Crippen LogP contribution is 2.11. The Labute approximate surface area is 342 Å². The molecule has 0 aliphatic carbocycles. The summed E-state index contributed by atoms with van der Waals surface area (Å²) in [5, 5.41) is 9.61. The molecule has 0 radical (unpaired) electrons. The smallest absolute Gasteiger partial charge is 0.362 e. The molecule has 0 amide bonds. The van der Waals surface area contributed by atoms with Gasteiger partial charge in [0.05, 0.1) is 34.4 Å². The van der Waals surface area contributed by atoms with E-state index in [-0.39, 0.29) is 42.7 Å². The number of hydrogen-bond acceptors (Lipinski definition) is 6. The Bertz CT molecular complexity index is 1190. The molecule has 8 nitrogen and oxygen atoms in total. The van der Waals surface area contributed by atoms with Crippen LogP contribution in [0.15, 0.2) is 85.1 Å². The quantitative estimate of drug-likeness (QED) is 0.0290. The zero-order valence-electron chi connectivity index (χ0n) is 36.1. The molecule has 1 N–H and O–H groups in total. The number of nitrogens with zero attached hydrogens (tertiary/aromatic N) is 1. The Balaban J connectivity index is 4.49. The molecule has 56 heavy (non-hydrogen) atoms. The van der Waals surface area contributed by atoms with Gasteiger partial charge in [0, 0.05) is 19.3 Å². The third kappa shape index (κ3) is 36.2. The summed E-state index contributed by atoms with van der Waals surface area (Å²) in [5.41, 5.74) is 0. The number of carbonyl (C=O) groups excluding carboxylic acids is 2. The summed E-state index contributed by atoms with van der Waals surface area (Å²) < 4.78 is 17.1. The second-order valence-corrected chi connectivity index (χ2v) is 15.2. The number of ether oxygens (including phenoxy) is 3. The summed E-state index contributed by atoms with van der Waals surface area (Å²) >= 11 is 0. The molecule has 0 saturated carbocycles. The fourth-order valence-corrected chi connectivity index (χ4v) is 5.70. The van der Waals surface area contributed by atoms with Crippen LogP contribution in [-0.4, -0.2) is 80.6 Å². The zero-order valence-corrected chi connectivity index (χ0v) is 36.1. The Kier molecular flexibility index (Phi) is 36.0. The maximum Gasteiger partial charge on any atom is 0.362 e. The van der Waals surface area contributed by atoms with Gasteiger partial charge in [-0.3, -0.25) is 9.59 Å². The van der Waals surface area contributed by atoms with Gasteiger partial charge in [-0.25, -0.2) is 4.79 Å². The van der Waals surface area contributed by atoms with Gasteiger partial charge >= 0.3 is 17.9 Å². The van der Waals surface area contributed by atoms with Crippen LogP contribution in [0.25, 0.3) is 0 Å². The number of carboxylic acids is 1. The molecule has 0 aromatic heterocycles. The Hall–Kier alpha value is -3.49. The third-order valence-electron chi connectivity index (χ3n) is 9.04. The van der Waals surface area contributed by atoms with E-state index in [1.165, 1.54) is 38.5 Å². The molecule has 0 aromatic carbocycles. The van der Waals surface area contributed by atoms with Crippen LogP contribution in [0.4, 0.5) is 0 Å². The van der Waals surface area contributed by atoms with Crippen molar-refractivity contribution in [2.45, 2.75) is 161 Å². The summed E-state index contributed by atoms with van der Waals surface area (Å²) in [6.07, 6.45) is 49.3. The average molecular weight is 783 g/mol. The maximum absolute atomic E-state index is 12.7. The van der Waals surface area contributed by atoms with Gasteiger partial charge in [0.15, 0.2) is 12.1 Å². The van der Waals surface area contributed by atoms with Crippen molar-refractivity contribution in [3.8, 4) is 0 Å². The maximum atomic E-state index is 12.7. The summed E-state index contributed by atoms with van der Waals surface area (Å²) in [7, 11) is 5.48. The normalized spacial score (nSPS) is 13.8. The van der Waals surface area contributed by atoms with E-state index < -0.39 is 18.1 Å². The van der Waals surface area contributed by atoms with E-state index in [2.05, 4.69) is 92.8 Å². The van der Waals surface area contributed by atoms with Crippen LogP contribution in [0, 0.1) is 0 Å². The topological polar surface area (TPSA) is 99.1 Å². The lowest BCUT2D eigenvalue weighted by Gasteiger charge is -2.31. The molecule has 0 aromatic rings. The van der Waals surface area contributed by atoms with E-state index in [1.54, 1.807) is 0 Å². The molecule has 0 saturated heterocycles. The Morgan fingerprint density at radius 3 is 1.55 bits per heavy atom. The lowest BCUT2D eigenvalue weighted by molar-refractivity contribution is -0.887. The third-order valence-corrected chi connectivity index (χ3v) is 9.04. The molecule has 0 fully saturated rings. The van der Waals surface area contributed by atoms with E-state index in [0.717, 1.165) is 70.6 Å². The molecule has 0 rings (SSSR count). The summed E-state index contributed by atoms with van der Waals surface area (Å²) in [6, 6.07) is -0.632. The van der Waals surface area contributed by atoms with Gasteiger partial charge in [-0.05, 0) is 77.0 Å². The van der Waals surface area contributed by atoms with E-state index in [0.29, 0.717) is 19.3 Å². The van der Waals surface area contributed by atoms with E-state index >= 15 is 0 Å². The lowest BCUT2D eigenvalue weighted by Crippen LogP contribution is -2.50. The largest absolute Gasteiger partial charge is 0.477 e. The fraction of sp³-hybridized carbons (Fsp3) is 0.646. The van der Waals surface area contributed by atoms with Gasteiger partial charge in [0.25, 0.3) is 0 Å². The minimum atomic E-state index is -0.891. The molecular weight excluding hydrogens is 703 g/mol. The number of unbranched alkanes of at least 4 members (excludes halogenated alkanes) is 9. The number of quaternary nitrogens is 1. The van der Waals surface area contributed by atoms with Crippen LogP contribution < -0.4 is 0 Å². The molecular formula is C48H80NO7+. The predicted octanol–water partition coefficient (Wildman–Crippen LogP) is 11.7. The summed E-state index contributed by atoms with van der Waals surface area (Å²) in [5.74, 6) is -1.61. The highest BCUT2D eigenvalue weighted by molar-refractivity contribution is 5.72. The first-order valence-electron chi connectivity index (χ1n) is 21.6. The van der Waals surface area contributed by atoms with Crippen LogP contribution in [0.2, 0.25) is 0 Å².